The molecule has 1 heterocycles. The fraction of sp³-hybridized carbons (Fsp3) is 0.750. The summed E-state index contributed by atoms with van der Waals surface area (Å²) in [6.45, 7) is 3.86. The van der Waals surface area contributed by atoms with Gasteiger partial charge in [-0.05, 0) is 33.1 Å². The molecule has 19 heavy (non-hydrogen) atoms. The Morgan fingerprint density at radius 2 is 1.84 bits per heavy atom. The second kappa shape index (κ2) is 6.40. The number of aliphatic carboxylic acids is 1. The van der Waals surface area contributed by atoms with Gasteiger partial charge in [-0.15, -0.1) is 0 Å². The smallest absolute Gasteiger partial charge is 0.326 e. The van der Waals surface area contributed by atoms with Crippen molar-refractivity contribution >= 4 is 17.9 Å². The molecule has 0 aromatic rings. The van der Waals surface area contributed by atoms with Crippen LogP contribution in [0.25, 0.3) is 0 Å². The second-order valence-corrected chi connectivity index (χ2v) is 5.05. The minimum absolute atomic E-state index is 0.0618. The van der Waals surface area contributed by atoms with Crippen LogP contribution in [0.2, 0.25) is 0 Å². The molecule has 108 valence electrons. The van der Waals surface area contributed by atoms with Crippen LogP contribution in [-0.2, 0) is 9.59 Å². The minimum Gasteiger partial charge on any atom is -0.480 e. The highest BCUT2D eigenvalue weighted by molar-refractivity contribution is 5.87. The van der Waals surface area contributed by atoms with Crippen LogP contribution >= 0.6 is 0 Å². The normalized spacial score (nSPS) is 24.6. The monoisotopic (exact) mass is 271 g/mol. The van der Waals surface area contributed by atoms with Crippen molar-refractivity contribution in [3.63, 3.8) is 0 Å². The van der Waals surface area contributed by atoms with E-state index in [1.54, 1.807) is 4.90 Å². The second-order valence-electron chi connectivity index (χ2n) is 5.05. The fourth-order valence-electron chi connectivity index (χ4n) is 2.45. The van der Waals surface area contributed by atoms with Gasteiger partial charge in [0, 0.05) is 12.1 Å². The summed E-state index contributed by atoms with van der Waals surface area (Å²) in [7, 11) is 0. The van der Waals surface area contributed by atoms with Gasteiger partial charge in [0.25, 0.3) is 0 Å². The lowest BCUT2D eigenvalue weighted by molar-refractivity contribution is -0.141. The molecule has 7 nitrogen and oxygen atoms in total. The zero-order valence-electron chi connectivity index (χ0n) is 11.3. The van der Waals surface area contributed by atoms with Crippen LogP contribution in [0.5, 0.6) is 0 Å². The SMILES string of the molecule is C[C@@H]1CCC[C@H](C)N1C(=O)N[C@@H](CC(N)=O)C(=O)O. The van der Waals surface area contributed by atoms with Gasteiger partial charge in [-0.3, -0.25) is 4.79 Å². The summed E-state index contributed by atoms with van der Waals surface area (Å²) >= 11 is 0. The molecule has 0 spiro atoms. The summed E-state index contributed by atoms with van der Waals surface area (Å²) in [6, 6.07) is -1.60. The van der Waals surface area contributed by atoms with Crippen molar-refractivity contribution in [1.29, 1.82) is 0 Å². The van der Waals surface area contributed by atoms with Crippen LogP contribution in [0.15, 0.2) is 0 Å². The standard InChI is InChI=1S/C12H21N3O4/c1-7-4-3-5-8(2)15(7)12(19)14-9(11(17)18)6-10(13)16/h7-9H,3-6H2,1-2H3,(H2,13,16)(H,14,19)(H,17,18)/t7-,8+,9-/m0/s1. The number of primary amides is 1. The van der Waals surface area contributed by atoms with Gasteiger partial charge in [-0.2, -0.15) is 0 Å². The average molecular weight is 271 g/mol. The Bertz CT molecular complexity index is 362. The summed E-state index contributed by atoms with van der Waals surface area (Å²) in [5, 5.41) is 11.3. The highest BCUT2D eigenvalue weighted by atomic mass is 16.4. The summed E-state index contributed by atoms with van der Waals surface area (Å²) in [5.41, 5.74) is 4.97. The molecule has 1 saturated heterocycles. The van der Waals surface area contributed by atoms with Crippen LogP contribution in [0.1, 0.15) is 39.5 Å². The van der Waals surface area contributed by atoms with Gasteiger partial charge in [0.15, 0.2) is 0 Å². The lowest BCUT2D eigenvalue weighted by Gasteiger charge is -2.39. The molecule has 1 aliphatic heterocycles. The quantitative estimate of drug-likeness (QED) is 0.682. The molecule has 0 aromatic carbocycles. The summed E-state index contributed by atoms with van der Waals surface area (Å²) in [4.78, 5) is 35.5. The molecule has 1 rings (SSSR count). The summed E-state index contributed by atoms with van der Waals surface area (Å²) in [5.74, 6) is -2.02. The molecule has 0 aliphatic carbocycles. The Morgan fingerprint density at radius 3 is 2.26 bits per heavy atom. The van der Waals surface area contributed by atoms with Crippen LogP contribution in [0, 0.1) is 0 Å². The number of likely N-dealkylation sites (tertiary alicyclic amines) is 1. The van der Waals surface area contributed by atoms with E-state index in [0.29, 0.717) is 0 Å². The van der Waals surface area contributed by atoms with Crippen molar-refractivity contribution < 1.29 is 19.5 Å². The van der Waals surface area contributed by atoms with Gasteiger partial charge in [0.05, 0.1) is 6.42 Å². The van der Waals surface area contributed by atoms with E-state index in [1.807, 2.05) is 13.8 Å². The number of urea groups is 1. The van der Waals surface area contributed by atoms with Gasteiger partial charge in [-0.1, -0.05) is 0 Å². The van der Waals surface area contributed by atoms with Crippen LogP contribution < -0.4 is 11.1 Å². The third-order valence-electron chi connectivity index (χ3n) is 3.43. The molecule has 0 saturated carbocycles. The number of carboxylic acids is 1. The van der Waals surface area contributed by atoms with Crippen molar-refractivity contribution in [3.8, 4) is 0 Å². The van der Waals surface area contributed by atoms with E-state index in [1.165, 1.54) is 0 Å². The Labute approximate surface area is 112 Å². The van der Waals surface area contributed by atoms with Gasteiger partial charge in [-0.25, -0.2) is 9.59 Å². The molecule has 4 N–H and O–H groups in total. The van der Waals surface area contributed by atoms with Crippen molar-refractivity contribution in [3.05, 3.63) is 0 Å². The molecule has 0 bridgehead atoms. The molecule has 3 atom stereocenters. The van der Waals surface area contributed by atoms with Crippen LogP contribution in [-0.4, -0.2) is 46.0 Å². The van der Waals surface area contributed by atoms with Gasteiger partial charge >= 0.3 is 12.0 Å². The van der Waals surface area contributed by atoms with E-state index in [-0.39, 0.29) is 12.1 Å². The van der Waals surface area contributed by atoms with Crippen LogP contribution in [0.4, 0.5) is 4.79 Å². The molecular formula is C12H21N3O4. The van der Waals surface area contributed by atoms with Crippen molar-refractivity contribution in [2.75, 3.05) is 0 Å². The largest absolute Gasteiger partial charge is 0.480 e. The van der Waals surface area contributed by atoms with Crippen molar-refractivity contribution in [1.82, 2.24) is 10.2 Å². The summed E-state index contributed by atoms with van der Waals surface area (Å²) in [6.07, 6.45) is 2.43. The lowest BCUT2D eigenvalue weighted by Crippen LogP contribution is -2.55. The summed E-state index contributed by atoms with van der Waals surface area (Å²) < 4.78 is 0. The molecule has 0 unspecified atom stereocenters. The van der Waals surface area contributed by atoms with E-state index in [4.69, 9.17) is 10.8 Å². The number of carbonyl (C=O) groups is 3. The topological polar surface area (TPSA) is 113 Å². The zero-order valence-corrected chi connectivity index (χ0v) is 11.3. The Morgan fingerprint density at radius 1 is 1.32 bits per heavy atom. The Balaban J connectivity index is 2.70. The van der Waals surface area contributed by atoms with E-state index < -0.39 is 30.4 Å². The number of piperidine rings is 1. The maximum Gasteiger partial charge on any atom is 0.326 e. The molecule has 1 aliphatic rings. The molecule has 7 heteroatoms. The lowest BCUT2D eigenvalue weighted by atomic mass is 9.98. The maximum absolute atomic E-state index is 12.1. The highest BCUT2D eigenvalue weighted by Gasteiger charge is 2.31. The number of amides is 3. The van der Waals surface area contributed by atoms with Gasteiger partial charge < -0.3 is 21.1 Å². The van der Waals surface area contributed by atoms with E-state index in [0.717, 1.165) is 19.3 Å². The first-order valence-electron chi connectivity index (χ1n) is 6.43. The number of nitrogens with two attached hydrogens (primary N) is 1. The highest BCUT2D eigenvalue weighted by Crippen LogP contribution is 2.22. The van der Waals surface area contributed by atoms with E-state index in [2.05, 4.69) is 5.32 Å². The maximum atomic E-state index is 12.1. The first-order chi connectivity index (χ1) is 8.82. The molecule has 0 aromatic heterocycles. The predicted octanol–water partition coefficient (Wildman–Crippen LogP) is 0.288. The van der Waals surface area contributed by atoms with Crippen molar-refractivity contribution in [2.24, 2.45) is 5.73 Å². The fourth-order valence-corrected chi connectivity index (χ4v) is 2.45. The number of hydrogen-bond donors (Lipinski definition) is 3. The van der Waals surface area contributed by atoms with E-state index in [9.17, 15) is 14.4 Å². The molecule has 3 amide bonds. The number of nitrogens with one attached hydrogen (secondary N) is 1. The number of rotatable bonds is 4. The molecular weight excluding hydrogens is 250 g/mol. The molecule has 1 fully saturated rings. The third-order valence-corrected chi connectivity index (χ3v) is 3.43. The minimum atomic E-state index is -1.27. The first kappa shape index (κ1) is 15.3. The van der Waals surface area contributed by atoms with Gasteiger partial charge in [0.2, 0.25) is 5.91 Å². The predicted molar refractivity (Wildman–Crippen MR) is 68.4 cm³/mol. The number of hydrogen-bond acceptors (Lipinski definition) is 3. The van der Waals surface area contributed by atoms with Crippen molar-refractivity contribution in [2.45, 2.75) is 57.7 Å². The Kier molecular flexibility index (Phi) is 5.14. The average Bonchev–Trinajstić information content (AvgIpc) is 2.27. The van der Waals surface area contributed by atoms with Gasteiger partial charge in [0.1, 0.15) is 6.04 Å². The van der Waals surface area contributed by atoms with Crippen LogP contribution in [0.3, 0.4) is 0 Å². The third kappa shape index (κ3) is 4.11. The number of carbonyl (C=O) groups excluding carboxylic acids is 2. The Hall–Kier alpha value is -1.79. The molecule has 0 radical (unpaired) electrons. The zero-order chi connectivity index (χ0) is 14.6. The number of nitrogens with zero attached hydrogens (tertiary/aromatic N) is 1. The first-order valence-corrected chi connectivity index (χ1v) is 6.43. The number of carboxylic acid groups (broad SMARTS) is 1. The van der Waals surface area contributed by atoms with E-state index >= 15 is 0 Å².